The molecule has 0 radical (unpaired) electrons. The summed E-state index contributed by atoms with van der Waals surface area (Å²) in [4.78, 5) is 56.4. The number of carbonyl (C=O) groups excluding carboxylic acids is 4. The third kappa shape index (κ3) is 3.47. The lowest BCUT2D eigenvalue weighted by Crippen LogP contribution is -2.55. The van der Waals surface area contributed by atoms with Crippen LogP contribution in [0.4, 0.5) is 8.78 Å². The summed E-state index contributed by atoms with van der Waals surface area (Å²) in [6.45, 7) is 0.330. The van der Waals surface area contributed by atoms with Gasteiger partial charge in [-0.15, -0.1) is 0 Å². The predicted molar refractivity (Wildman–Crippen MR) is 104 cm³/mol. The summed E-state index contributed by atoms with van der Waals surface area (Å²) >= 11 is 0. The number of halogens is 2. The van der Waals surface area contributed by atoms with Crippen molar-refractivity contribution in [1.82, 2.24) is 25.3 Å². The van der Waals surface area contributed by atoms with Gasteiger partial charge in [-0.1, -0.05) is 11.2 Å². The van der Waals surface area contributed by atoms with Crippen LogP contribution in [0.3, 0.4) is 0 Å². The third-order valence-electron chi connectivity index (χ3n) is 5.86. The first-order valence-electron chi connectivity index (χ1n) is 10.3. The fourth-order valence-electron chi connectivity index (χ4n) is 4.36. The molecule has 0 bridgehead atoms. The number of imide groups is 2. The minimum absolute atomic E-state index is 0.00103. The van der Waals surface area contributed by atoms with E-state index in [-0.39, 0.29) is 42.4 Å². The summed E-state index contributed by atoms with van der Waals surface area (Å²) in [5, 5.41) is 5.80. The maximum atomic E-state index is 14.0. The molecular weight excluding hydrogens is 440 g/mol. The quantitative estimate of drug-likeness (QED) is 0.675. The number of carbonyl (C=O) groups is 4. The first-order chi connectivity index (χ1) is 15.8. The van der Waals surface area contributed by atoms with Crippen LogP contribution in [0.2, 0.25) is 0 Å². The van der Waals surface area contributed by atoms with Crippen LogP contribution in [0.5, 0.6) is 0 Å². The van der Waals surface area contributed by atoms with Crippen molar-refractivity contribution in [3.8, 4) is 11.4 Å². The first-order valence-corrected chi connectivity index (χ1v) is 10.3. The standard InChI is InChI=1S/C21H17F2N5O5/c22-11-4-1-5-12(23)16(11)18-25-15(33-26-18)9-27-8-2-3-10-17(27)21(32)28(20(10)31)13-6-7-14(29)24-19(13)30/h1,4-5,13H,2-3,6-9H2,(H,24,29,30). The fourth-order valence-corrected chi connectivity index (χ4v) is 4.36. The summed E-state index contributed by atoms with van der Waals surface area (Å²) in [5.41, 5.74) is -0.0224. The van der Waals surface area contributed by atoms with Crippen LogP contribution in [-0.4, -0.2) is 56.2 Å². The van der Waals surface area contributed by atoms with E-state index in [0.29, 0.717) is 19.4 Å². The SMILES string of the molecule is O=C1CCC(N2C(=O)C3=C(C2=O)N(Cc2nc(-c4c(F)cccc4F)no2)CCC3)C(=O)N1. The van der Waals surface area contributed by atoms with E-state index in [1.165, 1.54) is 6.07 Å². The highest BCUT2D eigenvalue weighted by Gasteiger charge is 2.48. The van der Waals surface area contributed by atoms with Crippen LogP contribution in [0.1, 0.15) is 31.6 Å². The normalized spacial score (nSPS) is 21.1. The number of aromatic nitrogens is 2. The highest BCUT2D eigenvalue weighted by Crippen LogP contribution is 2.35. The van der Waals surface area contributed by atoms with Gasteiger partial charge in [-0.05, 0) is 31.4 Å². The van der Waals surface area contributed by atoms with Crippen LogP contribution >= 0.6 is 0 Å². The number of nitrogens with zero attached hydrogens (tertiary/aromatic N) is 4. The maximum absolute atomic E-state index is 14.0. The van der Waals surface area contributed by atoms with Crippen LogP contribution in [-0.2, 0) is 25.7 Å². The van der Waals surface area contributed by atoms with Crippen molar-refractivity contribution in [3.05, 3.63) is 47.0 Å². The van der Waals surface area contributed by atoms with Gasteiger partial charge in [0.2, 0.25) is 23.5 Å². The van der Waals surface area contributed by atoms with E-state index >= 15 is 0 Å². The van der Waals surface area contributed by atoms with Crippen LogP contribution in [0.15, 0.2) is 34.0 Å². The Bertz CT molecular complexity index is 1220. The highest BCUT2D eigenvalue weighted by atomic mass is 19.1. The van der Waals surface area contributed by atoms with Crippen LogP contribution < -0.4 is 5.32 Å². The molecule has 1 N–H and O–H groups in total. The number of hydrogen-bond donors (Lipinski definition) is 1. The highest BCUT2D eigenvalue weighted by molar-refractivity contribution is 6.21. The number of amides is 4. The number of hydrogen-bond acceptors (Lipinski definition) is 8. The number of benzene rings is 1. The molecule has 170 valence electrons. The van der Waals surface area contributed by atoms with Gasteiger partial charge in [-0.3, -0.25) is 29.4 Å². The topological polar surface area (TPSA) is 126 Å². The molecule has 3 aliphatic heterocycles. The van der Waals surface area contributed by atoms with E-state index in [1.54, 1.807) is 4.90 Å². The lowest BCUT2D eigenvalue weighted by Gasteiger charge is -2.29. The average molecular weight is 457 g/mol. The fraction of sp³-hybridized carbons (Fsp3) is 0.333. The Balaban J connectivity index is 1.39. The number of rotatable bonds is 4. The summed E-state index contributed by atoms with van der Waals surface area (Å²) in [7, 11) is 0. The smallest absolute Gasteiger partial charge is 0.278 e. The van der Waals surface area contributed by atoms with E-state index in [1.807, 2.05) is 0 Å². The molecule has 0 aliphatic carbocycles. The lowest BCUT2D eigenvalue weighted by atomic mass is 10.0. The molecule has 10 nitrogen and oxygen atoms in total. The molecule has 1 atom stereocenters. The zero-order valence-electron chi connectivity index (χ0n) is 17.1. The second kappa shape index (κ2) is 7.87. The second-order valence-corrected chi connectivity index (χ2v) is 7.91. The predicted octanol–water partition coefficient (Wildman–Crippen LogP) is 1.04. The minimum atomic E-state index is -1.06. The zero-order chi connectivity index (χ0) is 23.3. The summed E-state index contributed by atoms with van der Waals surface area (Å²) in [6.07, 6.45) is 1.00. The molecule has 4 amide bonds. The molecule has 1 unspecified atom stereocenters. The largest absolute Gasteiger partial charge is 0.357 e. The Morgan fingerprint density at radius 2 is 1.85 bits per heavy atom. The molecule has 33 heavy (non-hydrogen) atoms. The number of piperidine rings is 1. The lowest BCUT2D eigenvalue weighted by molar-refractivity contribution is -0.150. The van der Waals surface area contributed by atoms with Crippen molar-refractivity contribution in [1.29, 1.82) is 0 Å². The van der Waals surface area contributed by atoms with Gasteiger partial charge in [0.15, 0.2) is 0 Å². The zero-order valence-corrected chi connectivity index (χ0v) is 17.1. The van der Waals surface area contributed by atoms with Crippen LogP contribution in [0.25, 0.3) is 11.4 Å². The van der Waals surface area contributed by atoms with Gasteiger partial charge >= 0.3 is 0 Å². The molecule has 0 saturated carbocycles. The number of nitrogens with one attached hydrogen (secondary N) is 1. The Labute approximate surface area is 185 Å². The van der Waals surface area contributed by atoms with E-state index < -0.39 is 46.9 Å². The van der Waals surface area contributed by atoms with Gasteiger partial charge in [-0.2, -0.15) is 4.98 Å². The van der Waals surface area contributed by atoms with Gasteiger partial charge < -0.3 is 9.42 Å². The van der Waals surface area contributed by atoms with Gasteiger partial charge in [0.1, 0.15) is 23.4 Å². The van der Waals surface area contributed by atoms with E-state index in [9.17, 15) is 28.0 Å². The monoisotopic (exact) mass is 457 g/mol. The molecule has 3 aliphatic rings. The van der Waals surface area contributed by atoms with E-state index in [0.717, 1.165) is 17.0 Å². The molecule has 1 saturated heterocycles. The Morgan fingerprint density at radius 3 is 2.58 bits per heavy atom. The van der Waals surface area contributed by atoms with E-state index in [2.05, 4.69) is 15.5 Å². The molecule has 5 rings (SSSR count). The van der Waals surface area contributed by atoms with Gasteiger partial charge in [0.25, 0.3) is 11.8 Å². The van der Waals surface area contributed by atoms with Crippen molar-refractivity contribution in [2.45, 2.75) is 38.3 Å². The molecule has 1 aromatic carbocycles. The van der Waals surface area contributed by atoms with Crippen molar-refractivity contribution in [3.63, 3.8) is 0 Å². The van der Waals surface area contributed by atoms with Gasteiger partial charge in [0, 0.05) is 18.5 Å². The average Bonchev–Trinajstić information content (AvgIpc) is 3.32. The van der Waals surface area contributed by atoms with Crippen molar-refractivity contribution >= 4 is 23.6 Å². The third-order valence-corrected chi connectivity index (χ3v) is 5.86. The van der Waals surface area contributed by atoms with Gasteiger partial charge in [0.05, 0.1) is 12.1 Å². The van der Waals surface area contributed by atoms with Crippen molar-refractivity contribution in [2.75, 3.05) is 6.54 Å². The summed E-state index contributed by atoms with van der Waals surface area (Å²) in [5.74, 6) is -4.30. The molecule has 1 fully saturated rings. The Morgan fingerprint density at radius 1 is 1.09 bits per heavy atom. The van der Waals surface area contributed by atoms with E-state index in [4.69, 9.17) is 4.52 Å². The molecule has 2 aromatic rings. The molecular formula is C21H17F2N5O5. The Hall–Kier alpha value is -3.96. The van der Waals surface area contributed by atoms with Crippen LogP contribution in [0, 0.1) is 11.6 Å². The van der Waals surface area contributed by atoms with Crippen molar-refractivity contribution < 1.29 is 32.5 Å². The molecule has 12 heteroatoms. The van der Waals surface area contributed by atoms with Crippen molar-refractivity contribution in [2.24, 2.45) is 0 Å². The summed E-state index contributed by atoms with van der Waals surface area (Å²) < 4.78 is 33.2. The second-order valence-electron chi connectivity index (χ2n) is 7.91. The molecule has 4 heterocycles. The maximum Gasteiger partial charge on any atom is 0.278 e. The molecule has 1 aromatic heterocycles. The van der Waals surface area contributed by atoms with Gasteiger partial charge in [-0.25, -0.2) is 8.78 Å². The Kier molecular flexibility index (Phi) is 4.99. The first kappa shape index (κ1) is 20.9. The molecule has 0 spiro atoms. The minimum Gasteiger partial charge on any atom is -0.357 e. The summed E-state index contributed by atoms with van der Waals surface area (Å²) in [6, 6.07) is 2.30.